The van der Waals surface area contributed by atoms with Crippen LogP contribution < -0.4 is 19.7 Å². The summed E-state index contributed by atoms with van der Waals surface area (Å²) in [5.41, 5.74) is 2.97. The van der Waals surface area contributed by atoms with Gasteiger partial charge in [0.15, 0.2) is 17.6 Å². The van der Waals surface area contributed by atoms with Crippen LogP contribution >= 0.6 is 0 Å². The first-order valence-electron chi connectivity index (χ1n) is 11.8. The van der Waals surface area contributed by atoms with Gasteiger partial charge in [-0.25, -0.2) is 4.79 Å². The largest absolute Gasteiger partial charge is 0.493 e. The average Bonchev–Trinajstić information content (AvgIpc) is 2.93. The minimum Gasteiger partial charge on any atom is -0.493 e. The van der Waals surface area contributed by atoms with Crippen LogP contribution in [-0.2, 0) is 20.9 Å². The number of benzene rings is 3. The lowest BCUT2D eigenvalue weighted by Crippen LogP contribution is -2.36. The number of anilines is 2. The number of hydrogen-bond acceptors (Lipinski definition) is 7. The third-order valence-corrected chi connectivity index (χ3v) is 5.80. The van der Waals surface area contributed by atoms with E-state index in [9.17, 15) is 9.59 Å². The fourth-order valence-corrected chi connectivity index (χ4v) is 3.75. The molecule has 1 atom stereocenters. The molecule has 8 heteroatoms. The molecule has 1 heterocycles. The maximum absolute atomic E-state index is 12.7. The van der Waals surface area contributed by atoms with Gasteiger partial charge >= 0.3 is 5.97 Å². The number of ether oxygens (including phenoxy) is 4. The van der Waals surface area contributed by atoms with Crippen LogP contribution in [0.5, 0.6) is 11.5 Å². The molecule has 3 aromatic carbocycles. The fourth-order valence-electron chi connectivity index (χ4n) is 3.75. The summed E-state index contributed by atoms with van der Waals surface area (Å²) in [6.07, 6.45) is -0.989. The molecule has 1 N–H and O–H groups in total. The quantitative estimate of drug-likeness (QED) is 0.448. The van der Waals surface area contributed by atoms with E-state index >= 15 is 0 Å². The minimum absolute atomic E-state index is 0.258. The van der Waals surface area contributed by atoms with Crippen molar-refractivity contribution in [3.63, 3.8) is 0 Å². The third-order valence-electron chi connectivity index (χ3n) is 5.80. The maximum atomic E-state index is 12.7. The molecule has 1 amide bonds. The van der Waals surface area contributed by atoms with Crippen molar-refractivity contribution in [1.29, 1.82) is 0 Å². The summed E-state index contributed by atoms with van der Waals surface area (Å²) in [5, 5.41) is 2.79. The topological polar surface area (TPSA) is 86.3 Å². The van der Waals surface area contributed by atoms with Crippen molar-refractivity contribution in [2.75, 3.05) is 43.6 Å². The zero-order chi connectivity index (χ0) is 25.3. The van der Waals surface area contributed by atoms with Gasteiger partial charge < -0.3 is 29.2 Å². The number of hydrogen-bond donors (Lipinski definition) is 1. The standard InChI is InChI=1S/C28H30N2O6/c1-20(27(31)29-23-9-11-24(12-10-23)30-14-16-34-17-15-30)36-28(32)22-8-13-25(26(18-22)33-2)35-19-21-6-4-3-5-7-21/h3-13,18,20H,14-17,19H2,1-2H3,(H,29,31). The first-order chi connectivity index (χ1) is 17.5. The predicted octanol–water partition coefficient (Wildman–Crippen LogP) is 4.29. The SMILES string of the molecule is COc1cc(C(=O)OC(C)C(=O)Nc2ccc(N3CCOCC3)cc2)ccc1OCc1ccccc1. The van der Waals surface area contributed by atoms with Gasteiger partial charge in [-0.2, -0.15) is 0 Å². The second-order valence-corrected chi connectivity index (χ2v) is 8.32. The van der Waals surface area contributed by atoms with Crippen LogP contribution in [0, 0.1) is 0 Å². The molecule has 0 saturated carbocycles. The maximum Gasteiger partial charge on any atom is 0.339 e. The number of nitrogens with one attached hydrogen (secondary N) is 1. The molecule has 0 radical (unpaired) electrons. The first kappa shape index (κ1) is 25.1. The van der Waals surface area contributed by atoms with Gasteiger partial charge in [-0.05, 0) is 55.0 Å². The molecule has 4 rings (SSSR count). The zero-order valence-corrected chi connectivity index (χ0v) is 20.4. The minimum atomic E-state index is -0.989. The number of carbonyl (C=O) groups excluding carboxylic acids is 2. The summed E-state index contributed by atoms with van der Waals surface area (Å²) < 4.78 is 22.0. The van der Waals surface area contributed by atoms with Gasteiger partial charge in [0.25, 0.3) is 5.91 Å². The summed E-state index contributed by atoms with van der Waals surface area (Å²) >= 11 is 0. The summed E-state index contributed by atoms with van der Waals surface area (Å²) in [4.78, 5) is 27.5. The van der Waals surface area contributed by atoms with Crippen molar-refractivity contribution in [3.05, 3.63) is 83.9 Å². The molecule has 1 aliphatic heterocycles. The summed E-state index contributed by atoms with van der Waals surface area (Å²) in [5.74, 6) is -0.146. The van der Waals surface area contributed by atoms with E-state index in [1.54, 1.807) is 12.1 Å². The second kappa shape index (κ2) is 12.1. The van der Waals surface area contributed by atoms with Gasteiger partial charge in [0.05, 0.1) is 25.9 Å². The smallest absolute Gasteiger partial charge is 0.339 e. The normalized spacial score (nSPS) is 14.0. The number of carbonyl (C=O) groups is 2. The highest BCUT2D eigenvalue weighted by atomic mass is 16.5. The predicted molar refractivity (Wildman–Crippen MR) is 137 cm³/mol. The Bertz CT molecular complexity index is 1160. The van der Waals surface area contributed by atoms with Crippen molar-refractivity contribution in [2.45, 2.75) is 19.6 Å². The molecular formula is C28H30N2O6. The number of rotatable bonds is 9. The van der Waals surface area contributed by atoms with Crippen LogP contribution in [0.25, 0.3) is 0 Å². The summed E-state index contributed by atoms with van der Waals surface area (Å²) in [6.45, 7) is 4.98. The number of methoxy groups -OCH3 is 1. The molecule has 0 aromatic heterocycles. The molecule has 188 valence electrons. The van der Waals surface area contributed by atoms with Crippen LogP contribution in [0.3, 0.4) is 0 Å². The Balaban J connectivity index is 1.31. The number of esters is 1. The lowest BCUT2D eigenvalue weighted by molar-refractivity contribution is -0.123. The van der Waals surface area contributed by atoms with Crippen molar-refractivity contribution in [1.82, 2.24) is 0 Å². The Kier molecular flexibility index (Phi) is 8.41. The molecule has 1 aliphatic rings. The van der Waals surface area contributed by atoms with E-state index in [1.807, 2.05) is 54.6 Å². The monoisotopic (exact) mass is 490 g/mol. The third kappa shape index (κ3) is 6.55. The first-order valence-corrected chi connectivity index (χ1v) is 11.8. The van der Waals surface area contributed by atoms with E-state index in [1.165, 1.54) is 20.1 Å². The van der Waals surface area contributed by atoms with E-state index < -0.39 is 18.0 Å². The van der Waals surface area contributed by atoms with Crippen molar-refractivity contribution < 1.29 is 28.5 Å². The van der Waals surface area contributed by atoms with Crippen molar-refractivity contribution in [3.8, 4) is 11.5 Å². The number of amides is 1. The van der Waals surface area contributed by atoms with Crippen LogP contribution in [0.1, 0.15) is 22.8 Å². The number of nitrogens with zero attached hydrogens (tertiary/aromatic N) is 1. The molecule has 36 heavy (non-hydrogen) atoms. The van der Waals surface area contributed by atoms with Crippen LogP contribution in [0.4, 0.5) is 11.4 Å². The highest BCUT2D eigenvalue weighted by molar-refractivity contribution is 5.97. The van der Waals surface area contributed by atoms with E-state index in [0.717, 1.165) is 24.3 Å². The van der Waals surface area contributed by atoms with Gasteiger partial charge in [0.2, 0.25) is 0 Å². The van der Waals surface area contributed by atoms with Gasteiger partial charge in [-0.15, -0.1) is 0 Å². The fraction of sp³-hybridized carbons (Fsp3) is 0.286. The van der Waals surface area contributed by atoms with Crippen LogP contribution in [-0.4, -0.2) is 51.4 Å². The lowest BCUT2D eigenvalue weighted by Gasteiger charge is -2.28. The molecule has 1 unspecified atom stereocenters. The van der Waals surface area contributed by atoms with E-state index in [-0.39, 0.29) is 5.56 Å². The van der Waals surface area contributed by atoms with Gasteiger partial charge in [0, 0.05) is 24.5 Å². The summed E-state index contributed by atoms with van der Waals surface area (Å²) in [7, 11) is 1.50. The molecule has 1 fully saturated rings. The molecule has 0 aliphatic carbocycles. The van der Waals surface area contributed by atoms with Crippen LogP contribution in [0.15, 0.2) is 72.8 Å². The highest BCUT2D eigenvalue weighted by Crippen LogP contribution is 2.29. The molecule has 8 nitrogen and oxygen atoms in total. The summed E-state index contributed by atoms with van der Waals surface area (Å²) in [6, 6.07) is 22.1. The van der Waals surface area contributed by atoms with Gasteiger partial charge in [0.1, 0.15) is 6.61 Å². The Morgan fingerprint density at radius 3 is 2.39 bits per heavy atom. The van der Waals surface area contributed by atoms with Gasteiger partial charge in [-0.3, -0.25) is 4.79 Å². The lowest BCUT2D eigenvalue weighted by atomic mass is 10.2. The Morgan fingerprint density at radius 1 is 0.972 bits per heavy atom. The molecular weight excluding hydrogens is 460 g/mol. The Labute approximate surface area is 210 Å². The van der Waals surface area contributed by atoms with Gasteiger partial charge in [-0.1, -0.05) is 30.3 Å². The van der Waals surface area contributed by atoms with E-state index in [0.29, 0.717) is 37.0 Å². The molecule has 0 spiro atoms. The van der Waals surface area contributed by atoms with E-state index in [2.05, 4.69) is 10.2 Å². The second-order valence-electron chi connectivity index (χ2n) is 8.32. The number of morpholine rings is 1. The average molecular weight is 491 g/mol. The van der Waals surface area contributed by atoms with E-state index in [4.69, 9.17) is 18.9 Å². The Morgan fingerprint density at radius 2 is 1.69 bits per heavy atom. The Hall–Kier alpha value is -4.04. The molecule has 3 aromatic rings. The zero-order valence-electron chi connectivity index (χ0n) is 20.4. The van der Waals surface area contributed by atoms with Crippen LogP contribution in [0.2, 0.25) is 0 Å². The van der Waals surface area contributed by atoms with Crippen molar-refractivity contribution >= 4 is 23.3 Å². The van der Waals surface area contributed by atoms with Crippen molar-refractivity contribution in [2.24, 2.45) is 0 Å². The molecule has 1 saturated heterocycles. The highest BCUT2D eigenvalue weighted by Gasteiger charge is 2.21. The molecule has 0 bridgehead atoms.